The zero-order chi connectivity index (χ0) is 10.8. The molecule has 0 bridgehead atoms. The van der Waals surface area contributed by atoms with Crippen LogP contribution >= 0.6 is 39.5 Å². The highest BCUT2D eigenvalue weighted by atomic mass is 79.9. The molecule has 0 radical (unpaired) electrons. The number of H-pyrrole nitrogens is 1. The lowest BCUT2D eigenvalue weighted by molar-refractivity contribution is 0.979. The Balaban J connectivity index is 2.61. The van der Waals surface area contributed by atoms with Gasteiger partial charge < -0.3 is 4.98 Å². The number of aromatic nitrogens is 3. The summed E-state index contributed by atoms with van der Waals surface area (Å²) in [6.45, 7) is 2.07. The Morgan fingerprint density at radius 1 is 1.60 bits per heavy atom. The Hall–Kier alpha value is -0.590. The van der Waals surface area contributed by atoms with Crippen LogP contribution in [0.5, 0.6) is 0 Å². The topological polar surface area (TPSA) is 41.6 Å². The summed E-state index contributed by atoms with van der Waals surface area (Å²) in [7, 11) is 0. The third-order valence-corrected chi connectivity index (χ3v) is 3.96. The quantitative estimate of drug-likeness (QED) is 0.862. The van der Waals surface area contributed by atoms with E-state index < -0.39 is 0 Å². The SMILES string of the molecule is CCc1[nH]c(-c2cscn2)nc(=S)c1Br. The minimum atomic E-state index is 0.577. The lowest BCUT2D eigenvalue weighted by Gasteiger charge is -2.04. The molecule has 3 nitrogen and oxygen atoms in total. The van der Waals surface area contributed by atoms with Gasteiger partial charge in [0.1, 0.15) is 10.3 Å². The third kappa shape index (κ3) is 2.16. The summed E-state index contributed by atoms with van der Waals surface area (Å²) in [5.74, 6) is 0.737. The van der Waals surface area contributed by atoms with E-state index in [9.17, 15) is 0 Å². The van der Waals surface area contributed by atoms with Crippen molar-refractivity contribution < 1.29 is 0 Å². The van der Waals surface area contributed by atoms with E-state index in [-0.39, 0.29) is 0 Å². The smallest absolute Gasteiger partial charge is 0.158 e. The lowest BCUT2D eigenvalue weighted by Crippen LogP contribution is -1.97. The Labute approximate surface area is 105 Å². The van der Waals surface area contributed by atoms with Crippen LogP contribution in [0.4, 0.5) is 0 Å². The van der Waals surface area contributed by atoms with Gasteiger partial charge in [-0.25, -0.2) is 9.97 Å². The van der Waals surface area contributed by atoms with Crippen molar-refractivity contribution in [2.45, 2.75) is 13.3 Å². The summed E-state index contributed by atoms with van der Waals surface area (Å²) in [6.07, 6.45) is 0.879. The second kappa shape index (κ2) is 4.51. The van der Waals surface area contributed by atoms with E-state index in [1.165, 1.54) is 0 Å². The molecular formula is C9H8BrN3S2. The number of rotatable bonds is 2. The van der Waals surface area contributed by atoms with E-state index in [0.717, 1.165) is 28.1 Å². The molecule has 0 spiro atoms. The van der Waals surface area contributed by atoms with Gasteiger partial charge in [0, 0.05) is 11.1 Å². The van der Waals surface area contributed by atoms with Crippen LogP contribution in [0, 0.1) is 4.64 Å². The van der Waals surface area contributed by atoms with Crippen LogP contribution in [0.2, 0.25) is 0 Å². The molecule has 0 aromatic carbocycles. The van der Waals surface area contributed by atoms with Crippen LogP contribution < -0.4 is 0 Å². The highest BCUT2D eigenvalue weighted by Gasteiger charge is 2.07. The monoisotopic (exact) mass is 301 g/mol. The second-order valence-corrected chi connectivity index (χ2v) is 4.81. The van der Waals surface area contributed by atoms with Crippen molar-refractivity contribution in [3.63, 3.8) is 0 Å². The van der Waals surface area contributed by atoms with Crippen molar-refractivity contribution in [2.24, 2.45) is 0 Å². The largest absolute Gasteiger partial charge is 0.341 e. The van der Waals surface area contributed by atoms with Crippen LogP contribution in [0.3, 0.4) is 0 Å². The maximum atomic E-state index is 5.17. The Morgan fingerprint density at radius 2 is 2.40 bits per heavy atom. The molecule has 2 rings (SSSR count). The van der Waals surface area contributed by atoms with Crippen molar-refractivity contribution in [1.82, 2.24) is 15.0 Å². The summed E-state index contributed by atoms with van der Waals surface area (Å²) in [6, 6.07) is 0. The summed E-state index contributed by atoms with van der Waals surface area (Å²) in [5, 5.41) is 1.95. The van der Waals surface area contributed by atoms with E-state index in [0.29, 0.717) is 4.64 Å². The van der Waals surface area contributed by atoms with Gasteiger partial charge in [-0.2, -0.15) is 0 Å². The highest BCUT2D eigenvalue weighted by molar-refractivity contribution is 9.10. The number of hydrogen-bond acceptors (Lipinski definition) is 4. The molecule has 0 fully saturated rings. The minimum absolute atomic E-state index is 0.577. The van der Waals surface area contributed by atoms with Crippen molar-refractivity contribution >= 4 is 39.5 Å². The fourth-order valence-electron chi connectivity index (χ4n) is 1.20. The van der Waals surface area contributed by atoms with Crippen molar-refractivity contribution in [3.8, 4) is 11.5 Å². The predicted molar refractivity (Wildman–Crippen MR) is 67.6 cm³/mol. The average molecular weight is 302 g/mol. The van der Waals surface area contributed by atoms with Gasteiger partial charge in [0.15, 0.2) is 5.82 Å². The molecule has 0 aliphatic heterocycles. The predicted octanol–water partition coefficient (Wildman–Crippen LogP) is 3.59. The molecule has 2 heterocycles. The summed E-state index contributed by atoms with van der Waals surface area (Å²) in [4.78, 5) is 11.7. The van der Waals surface area contributed by atoms with Gasteiger partial charge in [-0.05, 0) is 22.4 Å². The number of nitrogens with zero attached hydrogens (tertiary/aromatic N) is 2. The number of thiazole rings is 1. The van der Waals surface area contributed by atoms with Gasteiger partial charge in [0.2, 0.25) is 0 Å². The molecule has 1 N–H and O–H groups in total. The highest BCUT2D eigenvalue weighted by Crippen LogP contribution is 2.21. The molecule has 0 saturated heterocycles. The van der Waals surface area contributed by atoms with Crippen LogP contribution in [-0.4, -0.2) is 15.0 Å². The number of halogens is 1. The summed E-state index contributed by atoms with van der Waals surface area (Å²) in [5.41, 5.74) is 3.67. The first-order valence-electron chi connectivity index (χ1n) is 4.39. The maximum absolute atomic E-state index is 5.17. The van der Waals surface area contributed by atoms with Crippen molar-refractivity contribution in [2.75, 3.05) is 0 Å². The van der Waals surface area contributed by atoms with Gasteiger partial charge >= 0.3 is 0 Å². The molecule has 0 saturated carbocycles. The van der Waals surface area contributed by atoms with Gasteiger partial charge in [-0.15, -0.1) is 11.3 Å². The Kier molecular flexibility index (Phi) is 3.28. The number of hydrogen-bond donors (Lipinski definition) is 1. The standard InChI is InChI=1S/C9H8BrN3S2/c1-2-5-7(10)9(14)13-8(12-5)6-3-15-4-11-6/h3-4H,2H2,1H3,(H,12,13,14). The number of nitrogens with one attached hydrogen (secondary N) is 1. The average Bonchev–Trinajstić information content (AvgIpc) is 2.75. The lowest BCUT2D eigenvalue weighted by atomic mass is 10.3. The molecule has 0 aliphatic rings. The molecule has 0 atom stereocenters. The second-order valence-electron chi connectivity index (χ2n) is 2.91. The first-order chi connectivity index (χ1) is 7.22. The van der Waals surface area contributed by atoms with Crippen molar-refractivity contribution in [3.05, 3.63) is 25.7 Å². The Morgan fingerprint density at radius 3 is 3.00 bits per heavy atom. The summed E-state index contributed by atoms with van der Waals surface area (Å²) >= 11 is 10.1. The molecule has 6 heteroatoms. The van der Waals surface area contributed by atoms with Crippen LogP contribution in [0.1, 0.15) is 12.6 Å². The van der Waals surface area contributed by atoms with E-state index in [1.54, 1.807) is 16.8 Å². The fraction of sp³-hybridized carbons (Fsp3) is 0.222. The van der Waals surface area contributed by atoms with Gasteiger partial charge in [-0.3, -0.25) is 0 Å². The zero-order valence-electron chi connectivity index (χ0n) is 7.95. The molecular weight excluding hydrogens is 294 g/mol. The van der Waals surface area contributed by atoms with E-state index in [1.807, 2.05) is 5.38 Å². The van der Waals surface area contributed by atoms with Gasteiger partial charge in [0.05, 0.1) is 9.98 Å². The van der Waals surface area contributed by atoms with E-state index >= 15 is 0 Å². The third-order valence-electron chi connectivity index (χ3n) is 1.96. The number of aryl methyl sites for hydroxylation is 1. The molecule has 15 heavy (non-hydrogen) atoms. The van der Waals surface area contributed by atoms with Crippen molar-refractivity contribution in [1.29, 1.82) is 0 Å². The molecule has 0 aliphatic carbocycles. The molecule has 0 unspecified atom stereocenters. The molecule has 78 valence electrons. The van der Waals surface area contributed by atoms with Crippen LogP contribution in [-0.2, 0) is 6.42 Å². The van der Waals surface area contributed by atoms with Crippen LogP contribution in [0.25, 0.3) is 11.5 Å². The normalized spacial score (nSPS) is 10.5. The van der Waals surface area contributed by atoms with Crippen LogP contribution in [0.15, 0.2) is 15.4 Å². The Bertz CT molecular complexity index is 519. The first-order valence-corrected chi connectivity index (χ1v) is 6.54. The number of aromatic amines is 1. The molecule has 2 aromatic heterocycles. The van der Waals surface area contributed by atoms with E-state index in [2.05, 4.69) is 37.8 Å². The molecule has 2 aromatic rings. The maximum Gasteiger partial charge on any atom is 0.158 e. The van der Waals surface area contributed by atoms with E-state index in [4.69, 9.17) is 12.2 Å². The molecule has 0 amide bonds. The van der Waals surface area contributed by atoms with Gasteiger partial charge in [0.25, 0.3) is 0 Å². The summed E-state index contributed by atoms with van der Waals surface area (Å²) < 4.78 is 1.45. The van der Waals surface area contributed by atoms with Gasteiger partial charge in [-0.1, -0.05) is 19.1 Å². The minimum Gasteiger partial charge on any atom is -0.341 e. The first kappa shape index (κ1) is 10.9. The zero-order valence-corrected chi connectivity index (χ0v) is 11.2. The fourth-order valence-corrected chi connectivity index (χ4v) is 2.42.